The number of nitrogens with zero attached hydrogens (tertiary/aromatic N) is 1. The number of ether oxygens (including phenoxy) is 1. The molecule has 2 aliphatic rings. The van der Waals surface area contributed by atoms with Crippen LogP contribution in [0.4, 0.5) is 0 Å². The summed E-state index contributed by atoms with van der Waals surface area (Å²) in [6.45, 7) is 5.22. The van der Waals surface area contributed by atoms with E-state index in [0.29, 0.717) is 12.0 Å². The lowest BCUT2D eigenvalue weighted by Crippen LogP contribution is -2.24. The molecule has 0 spiro atoms. The van der Waals surface area contributed by atoms with Crippen LogP contribution in [-0.2, 0) is 17.6 Å². The third-order valence-electron chi connectivity index (χ3n) is 4.12. The minimum absolute atomic E-state index is 0.565. The fraction of sp³-hybridized carbons (Fsp3) is 0.800. The molecule has 1 aromatic rings. The third-order valence-corrected chi connectivity index (χ3v) is 5.36. The standard InChI is InChI=1S/C15H24N2OS/c1-2-7-16-12-4-3-5-13-15(12)19-14(17-13)9-11-6-8-18-10-11/h11-12,16H,2-10H2,1H3. The molecule has 2 heterocycles. The minimum Gasteiger partial charge on any atom is -0.381 e. The Labute approximate surface area is 119 Å². The molecule has 0 radical (unpaired) electrons. The first-order valence-electron chi connectivity index (χ1n) is 7.66. The Morgan fingerprint density at radius 2 is 2.37 bits per heavy atom. The van der Waals surface area contributed by atoms with E-state index in [9.17, 15) is 0 Å². The summed E-state index contributed by atoms with van der Waals surface area (Å²) in [4.78, 5) is 6.42. The van der Waals surface area contributed by atoms with Crippen molar-refractivity contribution >= 4 is 11.3 Å². The molecule has 2 atom stereocenters. The predicted octanol–water partition coefficient (Wildman–Crippen LogP) is 3.10. The maximum atomic E-state index is 5.47. The van der Waals surface area contributed by atoms with E-state index < -0.39 is 0 Å². The zero-order valence-electron chi connectivity index (χ0n) is 11.8. The SMILES string of the molecule is CCCNC1CCCc2nc(CC3CCOC3)sc21. The Kier molecular flexibility index (Phi) is 4.51. The van der Waals surface area contributed by atoms with Gasteiger partial charge in [-0.1, -0.05) is 6.92 Å². The second-order valence-corrected chi connectivity index (χ2v) is 6.87. The van der Waals surface area contributed by atoms with Crippen LogP contribution >= 0.6 is 11.3 Å². The first-order valence-corrected chi connectivity index (χ1v) is 8.48. The van der Waals surface area contributed by atoms with Gasteiger partial charge < -0.3 is 10.1 Å². The van der Waals surface area contributed by atoms with Crippen molar-refractivity contribution in [3.05, 3.63) is 15.6 Å². The zero-order chi connectivity index (χ0) is 13.1. The number of aromatic nitrogens is 1. The van der Waals surface area contributed by atoms with Gasteiger partial charge in [0.25, 0.3) is 0 Å². The Balaban J connectivity index is 1.69. The minimum atomic E-state index is 0.565. The lowest BCUT2D eigenvalue weighted by atomic mass is 9.98. The number of hydrogen-bond donors (Lipinski definition) is 1. The lowest BCUT2D eigenvalue weighted by Gasteiger charge is -2.22. The van der Waals surface area contributed by atoms with Crippen LogP contribution in [-0.4, -0.2) is 24.7 Å². The highest BCUT2D eigenvalue weighted by Gasteiger charge is 2.25. The monoisotopic (exact) mass is 280 g/mol. The number of rotatable bonds is 5. The summed E-state index contributed by atoms with van der Waals surface area (Å²) in [5.74, 6) is 0.703. The van der Waals surface area contributed by atoms with Crippen molar-refractivity contribution in [2.45, 2.75) is 51.5 Å². The molecule has 3 rings (SSSR count). The second kappa shape index (κ2) is 6.33. The van der Waals surface area contributed by atoms with Crippen LogP contribution in [0.1, 0.15) is 54.2 Å². The van der Waals surface area contributed by atoms with E-state index in [0.717, 1.165) is 26.2 Å². The highest BCUT2D eigenvalue weighted by atomic mass is 32.1. The van der Waals surface area contributed by atoms with E-state index in [-0.39, 0.29) is 0 Å². The van der Waals surface area contributed by atoms with Gasteiger partial charge in [0.15, 0.2) is 0 Å². The van der Waals surface area contributed by atoms with Gasteiger partial charge in [-0.05, 0) is 44.6 Å². The Morgan fingerprint density at radius 3 is 3.16 bits per heavy atom. The molecular formula is C15H24N2OS. The van der Waals surface area contributed by atoms with E-state index >= 15 is 0 Å². The molecular weight excluding hydrogens is 256 g/mol. The summed E-state index contributed by atoms with van der Waals surface area (Å²) in [5.41, 5.74) is 1.37. The number of aryl methyl sites for hydroxylation is 1. The van der Waals surface area contributed by atoms with Crippen LogP contribution in [0.2, 0.25) is 0 Å². The van der Waals surface area contributed by atoms with Gasteiger partial charge in [0.1, 0.15) is 0 Å². The lowest BCUT2D eigenvalue weighted by molar-refractivity contribution is 0.186. The van der Waals surface area contributed by atoms with Crippen LogP contribution < -0.4 is 5.32 Å². The molecule has 4 heteroatoms. The van der Waals surface area contributed by atoms with Crippen molar-refractivity contribution in [1.29, 1.82) is 0 Å². The summed E-state index contributed by atoms with van der Waals surface area (Å²) in [5, 5.41) is 5.02. The number of nitrogens with one attached hydrogen (secondary N) is 1. The Hall–Kier alpha value is -0.450. The van der Waals surface area contributed by atoms with Crippen LogP contribution in [0, 0.1) is 5.92 Å². The van der Waals surface area contributed by atoms with E-state index in [1.165, 1.54) is 47.7 Å². The van der Waals surface area contributed by atoms with E-state index in [1.807, 2.05) is 11.3 Å². The average molecular weight is 280 g/mol. The largest absolute Gasteiger partial charge is 0.381 e. The van der Waals surface area contributed by atoms with Crippen LogP contribution in [0.15, 0.2) is 0 Å². The van der Waals surface area contributed by atoms with Crippen molar-refractivity contribution in [1.82, 2.24) is 10.3 Å². The van der Waals surface area contributed by atoms with Crippen molar-refractivity contribution in [3.63, 3.8) is 0 Å². The average Bonchev–Trinajstić information content (AvgIpc) is 3.05. The molecule has 19 heavy (non-hydrogen) atoms. The molecule has 106 valence electrons. The van der Waals surface area contributed by atoms with Crippen LogP contribution in [0.3, 0.4) is 0 Å². The van der Waals surface area contributed by atoms with Crippen molar-refractivity contribution in [3.8, 4) is 0 Å². The molecule has 0 saturated carbocycles. The van der Waals surface area contributed by atoms with Crippen molar-refractivity contribution in [2.24, 2.45) is 5.92 Å². The molecule has 1 aromatic heterocycles. The van der Waals surface area contributed by atoms with Crippen LogP contribution in [0.25, 0.3) is 0 Å². The first kappa shape index (κ1) is 13.5. The van der Waals surface area contributed by atoms with Crippen molar-refractivity contribution < 1.29 is 4.74 Å². The predicted molar refractivity (Wildman–Crippen MR) is 78.7 cm³/mol. The van der Waals surface area contributed by atoms with Gasteiger partial charge in [0.05, 0.1) is 10.7 Å². The molecule has 1 aliphatic heterocycles. The second-order valence-electron chi connectivity index (χ2n) is 5.75. The fourth-order valence-electron chi connectivity index (χ4n) is 3.06. The van der Waals surface area contributed by atoms with Gasteiger partial charge in [-0.3, -0.25) is 0 Å². The summed E-state index contributed by atoms with van der Waals surface area (Å²) >= 11 is 1.95. The topological polar surface area (TPSA) is 34.2 Å². The Bertz CT molecular complexity index is 412. The summed E-state index contributed by atoms with van der Waals surface area (Å²) in [7, 11) is 0. The van der Waals surface area contributed by atoms with Crippen LogP contribution in [0.5, 0.6) is 0 Å². The molecule has 3 nitrogen and oxygen atoms in total. The van der Waals surface area contributed by atoms with Gasteiger partial charge in [-0.2, -0.15) is 0 Å². The first-order chi connectivity index (χ1) is 9.36. The highest BCUT2D eigenvalue weighted by Crippen LogP contribution is 2.35. The van der Waals surface area contributed by atoms with Gasteiger partial charge in [-0.25, -0.2) is 4.98 Å². The summed E-state index contributed by atoms with van der Waals surface area (Å²) in [6, 6.07) is 0.565. The zero-order valence-corrected chi connectivity index (χ0v) is 12.6. The normalized spacial score (nSPS) is 26.6. The van der Waals surface area contributed by atoms with E-state index in [2.05, 4.69) is 12.2 Å². The van der Waals surface area contributed by atoms with Gasteiger partial charge in [-0.15, -0.1) is 11.3 Å². The molecule has 1 aliphatic carbocycles. The number of fused-ring (bicyclic) bond motifs is 1. The molecule has 1 fully saturated rings. The maximum absolute atomic E-state index is 5.47. The van der Waals surface area contributed by atoms with E-state index in [4.69, 9.17) is 9.72 Å². The molecule has 2 unspecified atom stereocenters. The number of thiazole rings is 1. The van der Waals surface area contributed by atoms with Gasteiger partial charge in [0.2, 0.25) is 0 Å². The van der Waals surface area contributed by atoms with Crippen molar-refractivity contribution in [2.75, 3.05) is 19.8 Å². The molecule has 0 amide bonds. The molecule has 0 aromatic carbocycles. The maximum Gasteiger partial charge on any atom is 0.0935 e. The molecule has 1 N–H and O–H groups in total. The highest BCUT2D eigenvalue weighted by molar-refractivity contribution is 7.11. The smallest absolute Gasteiger partial charge is 0.0935 e. The number of hydrogen-bond acceptors (Lipinski definition) is 4. The Morgan fingerprint density at radius 1 is 1.42 bits per heavy atom. The van der Waals surface area contributed by atoms with Gasteiger partial charge >= 0.3 is 0 Å². The molecule has 0 bridgehead atoms. The van der Waals surface area contributed by atoms with Gasteiger partial charge in [0, 0.05) is 30.6 Å². The summed E-state index contributed by atoms with van der Waals surface area (Å²) in [6.07, 6.45) is 7.28. The summed E-state index contributed by atoms with van der Waals surface area (Å²) < 4.78 is 5.47. The molecule has 1 saturated heterocycles. The third kappa shape index (κ3) is 3.18. The fourth-order valence-corrected chi connectivity index (χ4v) is 4.40. The quantitative estimate of drug-likeness (QED) is 0.900. The van der Waals surface area contributed by atoms with E-state index in [1.54, 1.807) is 0 Å².